The fourth-order valence-corrected chi connectivity index (χ4v) is 4.24. The number of fused-ring (bicyclic) bond motifs is 1. The van der Waals surface area contributed by atoms with Crippen LogP contribution in [0.15, 0.2) is 18.3 Å². The number of benzene rings is 1. The number of imidazole rings is 1. The molecule has 1 radical (unpaired) electrons. The molecule has 3 heterocycles. The number of methoxy groups -OCH3 is 1. The molecule has 2 fully saturated rings. The van der Waals surface area contributed by atoms with Crippen LogP contribution in [0.5, 0.6) is 0 Å². The minimum Gasteiger partial charge on any atom is -0.453 e. The Morgan fingerprint density at radius 2 is 2.08 bits per heavy atom. The zero-order valence-electron chi connectivity index (χ0n) is 19.3. The van der Waals surface area contributed by atoms with Crippen LogP contribution in [-0.4, -0.2) is 58.0 Å². The van der Waals surface area contributed by atoms with Crippen molar-refractivity contribution in [3.63, 3.8) is 0 Å². The Bertz CT molecular complexity index is 1400. The standard InChI is InChI=1S/C23H22ClN10O2/c1-36-23(35)29-15-4-6-33(7-5-15)18-9-13(10-25)8-17(19(18)24)30-22-31-20(28-14-2-3-14)21-27-12-16(11-26)34(21)32-22/h4,8-9,12,14-15H,2-3,5-7H2,1H3,(H,29,35)(H2,28,30,31,32)/t15-/m1/s1. The van der Waals surface area contributed by atoms with Gasteiger partial charge in [0.25, 0.3) is 0 Å². The number of carbonyl (C=O) groups excluding carboxylic acids is 1. The Balaban J connectivity index is 1.43. The van der Waals surface area contributed by atoms with Crippen molar-refractivity contribution in [3.8, 4) is 12.1 Å². The lowest BCUT2D eigenvalue weighted by molar-refractivity contribution is 0.167. The zero-order valence-corrected chi connectivity index (χ0v) is 20.1. The van der Waals surface area contributed by atoms with Crippen molar-refractivity contribution in [2.75, 3.05) is 35.7 Å². The summed E-state index contributed by atoms with van der Waals surface area (Å²) in [6.45, 7) is 1.12. The first-order valence-electron chi connectivity index (χ1n) is 11.3. The number of hydrogen-bond donors (Lipinski definition) is 3. The third-order valence-corrected chi connectivity index (χ3v) is 6.37. The summed E-state index contributed by atoms with van der Waals surface area (Å²) in [5, 5.41) is 33.1. The molecule has 3 N–H and O–H groups in total. The van der Waals surface area contributed by atoms with Gasteiger partial charge in [-0.2, -0.15) is 20.0 Å². The monoisotopic (exact) mass is 505 g/mol. The molecule has 0 bridgehead atoms. The molecule has 36 heavy (non-hydrogen) atoms. The molecule has 2 aliphatic rings. The third kappa shape index (κ3) is 4.76. The molecule has 1 amide bonds. The highest BCUT2D eigenvalue weighted by atomic mass is 35.5. The molecule has 1 saturated carbocycles. The molecule has 183 valence electrons. The van der Waals surface area contributed by atoms with Gasteiger partial charge in [-0.1, -0.05) is 11.6 Å². The van der Waals surface area contributed by atoms with Crippen molar-refractivity contribution in [1.29, 1.82) is 10.5 Å². The number of hydrogen-bond acceptors (Lipinski definition) is 10. The van der Waals surface area contributed by atoms with Gasteiger partial charge >= 0.3 is 6.09 Å². The maximum atomic E-state index is 11.5. The number of rotatable bonds is 6. The summed E-state index contributed by atoms with van der Waals surface area (Å²) in [6, 6.07) is 7.79. The van der Waals surface area contributed by atoms with E-state index in [1.54, 1.807) is 12.1 Å². The minimum atomic E-state index is -0.481. The second kappa shape index (κ2) is 9.76. The molecule has 1 aliphatic carbocycles. The largest absolute Gasteiger partial charge is 0.453 e. The molecular formula is C23H22ClN10O2. The van der Waals surface area contributed by atoms with E-state index < -0.39 is 6.09 Å². The third-order valence-electron chi connectivity index (χ3n) is 5.97. The van der Waals surface area contributed by atoms with Crippen LogP contribution in [0.4, 0.5) is 27.9 Å². The van der Waals surface area contributed by atoms with Gasteiger partial charge in [0.05, 0.1) is 41.3 Å². The van der Waals surface area contributed by atoms with E-state index in [9.17, 15) is 15.3 Å². The van der Waals surface area contributed by atoms with Crippen LogP contribution in [-0.2, 0) is 4.74 Å². The summed E-state index contributed by atoms with van der Waals surface area (Å²) in [5.74, 6) is 0.717. The molecule has 5 rings (SSSR count). The van der Waals surface area contributed by atoms with Crippen molar-refractivity contribution in [2.24, 2.45) is 0 Å². The lowest BCUT2D eigenvalue weighted by atomic mass is 10.0. The summed E-state index contributed by atoms with van der Waals surface area (Å²) >= 11 is 6.79. The van der Waals surface area contributed by atoms with E-state index >= 15 is 0 Å². The Kier molecular flexibility index (Phi) is 6.36. The van der Waals surface area contributed by atoms with Gasteiger partial charge in [0.1, 0.15) is 6.07 Å². The van der Waals surface area contributed by atoms with Crippen molar-refractivity contribution in [3.05, 3.63) is 41.0 Å². The van der Waals surface area contributed by atoms with Crippen LogP contribution >= 0.6 is 11.6 Å². The Hall–Kier alpha value is -4.29. The smallest absolute Gasteiger partial charge is 0.407 e. The first kappa shape index (κ1) is 23.5. The predicted octanol–water partition coefficient (Wildman–Crippen LogP) is 2.98. The second-order valence-electron chi connectivity index (χ2n) is 8.50. The molecule has 1 aliphatic heterocycles. The number of nitriles is 2. The highest BCUT2D eigenvalue weighted by molar-refractivity contribution is 6.36. The molecule has 13 heteroatoms. The summed E-state index contributed by atoms with van der Waals surface area (Å²) in [5.41, 5.74) is 2.26. The predicted molar refractivity (Wildman–Crippen MR) is 132 cm³/mol. The first-order chi connectivity index (χ1) is 17.5. The fraction of sp³-hybridized carbons (Fsp3) is 0.348. The zero-order chi connectivity index (χ0) is 25.2. The molecule has 12 nitrogen and oxygen atoms in total. The molecule has 3 aromatic rings. The lowest BCUT2D eigenvalue weighted by Crippen LogP contribution is -2.45. The summed E-state index contributed by atoms with van der Waals surface area (Å²) in [6.07, 6.45) is 5.64. The highest BCUT2D eigenvalue weighted by Gasteiger charge is 2.26. The van der Waals surface area contributed by atoms with E-state index in [1.165, 1.54) is 17.8 Å². The van der Waals surface area contributed by atoms with Crippen molar-refractivity contribution < 1.29 is 9.53 Å². The van der Waals surface area contributed by atoms with Gasteiger partial charge in [-0.05, 0) is 31.4 Å². The highest BCUT2D eigenvalue weighted by Crippen LogP contribution is 2.37. The number of nitrogens with one attached hydrogen (secondary N) is 3. The van der Waals surface area contributed by atoms with E-state index in [0.717, 1.165) is 12.8 Å². The van der Waals surface area contributed by atoms with Gasteiger partial charge in [0, 0.05) is 31.6 Å². The SMILES string of the molecule is COC(=O)N[C@@H]1[CH]CN(c2cc(C#N)cc(Nc3nc(NC4CC4)c4ncc(C#N)n4n3)c2Cl)CC1. The number of ether oxygens (including phenoxy) is 1. The quantitative estimate of drug-likeness (QED) is 0.455. The number of nitrogens with zero attached hydrogens (tertiary/aromatic N) is 7. The van der Waals surface area contributed by atoms with Crippen LogP contribution in [0.2, 0.25) is 5.02 Å². The van der Waals surface area contributed by atoms with E-state index in [2.05, 4.69) is 47.9 Å². The minimum absolute atomic E-state index is 0.119. The number of piperidine rings is 1. The Morgan fingerprint density at radius 3 is 2.75 bits per heavy atom. The Morgan fingerprint density at radius 1 is 1.25 bits per heavy atom. The number of halogens is 1. The normalized spacial score (nSPS) is 15.7. The molecule has 0 unspecified atom stereocenters. The van der Waals surface area contributed by atoms with Crippen molar-refractivity contribution in [1.82, 2.24) is 24.9 Å². The van der Waals surface area contributed by atoms with Gasteiger partial charge in [-0.25, -0.2) is 9.78 Å². The number of anilines is 4. The summed E-state index contributed by atoms with van der Waals surface area (Å²) in [7, 11) is 1.33. The van der Waals surface area contributed by atoms with Crippen LogP contribution in [0.1, 0.15) is 30.5 Å². The maximum absolute atomic E-state index is 11.5. The van der Waals surface area contributed by atoms with Crippen LogP contribution in [0.25, 0.3) is 5.65 Å². The molecule has 1 atom stereocenters. The van der Waals surface area contributed by atoms with Gasteiger partial charge in [0.15, 0.2) is 17.2 Å². The first-order valence-corrected chi connectivity index (χ1v) is 11.7. The lowest BCUT2D eigenvalue weighted by Gasteiger charge is -2.34. The molecule has 0 spiro atoms. The van der Waals surface area contributed by atoms with Crippen LogP contribution < -0.4 is 20.9 Å². The van der Waals surface area contributed by atoms with Crippen molar-refractivity contribution in [2.45, 2.75) is 31.3 Å². The molecule has 1 aromatic carbocycles. The fourth-order valence-electron chi connectivity index (χ4n) is 3.96. The molecule has 1 saturated heterocycles. The topological polar surface area (TPSA) is 156 Å². The maximum Gasteiger partial charge on any atom is 0.407 e. The number of aromatic nitrogens is 4. The average Bonchev–Trinajstić information content (AvgIpc) is 3.61. The van der Waals surface area contributed by atoms with Gasteiger partial charge in [0.2, 0.25) is 5.95 Å². The average molecular weight is 506 g/mol. The molecule has 2 aromatic heterocycles. The van der Waals surface area contributed by atoms with Gasteiger partial charge < -0.3 is 25.6 Å². The van der Waals surface area contributed by atoms with Crippen LogP contribution in [0.3, 0.4) is 0 Å². The van der Waals surface area contributed by atoms with E-state index in [0.29, 0.717) is 59.0 Å². The molecular weight excluding hydrogens is 484 g/mol. The summed E-state index contributed by atoms with van der Waals surface area (Å²) in [4.78, 5) is 22.4. The number of alkyl carbamates (subject to hydrolysis) is 1. The van der Waals surface area contributed by atoms with Crippen molar-refractivity contribution >= 4 is 46.5 Å². The van der Waals surface area contributed by atoms with Gasteiger partial charge in [-0.15, -0.1) is 5.10 Å². The number of carbonyl (C=O) groups is 1. The summed E-state index contributed by atoms with van der Waals surface area (Å²) < 4.78 is 6.09. The van der Waals surface area contributed by atoms with Crippen LogP contribution in [0, 0.1) is 29.1 Å². The Labute approximate surface area is 211 Å². The van der Waals surface area contributed by atoms with Gasteiger partial charge in [-0.3, -0.25) is 0 Å². The van der Waals surface area contributed by atoms with E-state index in [4.69, 9.17) is 11.6 Å². The van der Waals surface area contributed by atoms with E-state index in [1.807, 2.05) is 11.3 Å². The van der Waals surface area contributed by atoms with E-state index in [-0.39, 0.29) is 17.7 Å². The number of amides is 1. The second-order valence-corrected chi connectivity index (χ2v) is 8.88.